The molecular weight excluding hydrogens is 290 g/mol. The molecule has 0 aliphatic carbocycles. The van der Waals surface area contributed by atoms with E-state index in [1.54, 1.807) is 0 Å². The molecule has 5 heteroatoms. The minimum atomic E-state index is -0.429. The number of carbonyl (C=O) groups is 1. The van der Waals surface area contributed by atoms with Crippen molar-refractivity contribution in [3.63, 3.8) is 0 Å². The minimum Gasteiger partial charge on any atom is -0.379 e. The third-order valence-electron chi connectivity index (χ3n) is 4.13. The first kappa shape index (κ1) is 17.9. The fraction of sp³-hybridized carbons (Fsp3) is 0.611. The van der Waals surface area contributed by atoms with Crippen molar-refractivity contribution in [1.82, 2.24) is 10.2 Å². The molecular formula is C18H29N3O2. The maximum absolute atomic E-state index is 12.1. The third-order valence-corrected chi connectivity index (χ3v) is 4.13. The molecule has 5 nitrogen and oxygen atoms in total. The summed E-state index contributed by atoms with van der Waals surface area (Å²) in [5, 5.41) is 2.97. The fourth-order valence-corrected chi connectivity index (χ4v) is 2.81. The van der Waals surface area contributed by atoms with Crippen LogP contribution in [0.3, 0.4) is 0 Å². The number of benzene rings is 1. The van der Waals surface area contributed by atoms with E-state index in [2.05, 4.69) is 36.2 Å². The average molecular weight is 319 g/mol. The maximum atomic E-state index is 12.1. The highest BCUT2D eigenvalue weighted by Gasteiger charge is 2.16. The van der Waals surface area contributed by atoms with E-state index in [4.69, 9.17) is 10.5 Å². The smallest absolute Gasteiger partial charge is 0.237 e. The molecule has 1 aromatic rings. The van der Waals surface area contributed by atoms with Crippen molar-refractivity contribution < 1.29 is 9.53 Å². The second kappa shape index (κ2) is 9.01. The summed E-state index contributed by atoms with van der Waals surface area (Å²) in [4.78, 5) is 14.5. The van der Waals surface area contributed by atoms with E-state index in [1.165, 1.54) is 5.56 Å². The lowest BCUT2D eigenvalue weighted by molar-refractivity contribution is -0.122. The molecule has 1 atom stereocenters. The number of carbonyl (C=O) groups excluding carboxylic acids is 1. The predicted molar refractivity (Wildman–Crippen MR) is 91.8 cm³/mol. The molecule has 1 amide bonds. The van der Waals surface area contributed by atoms with Gasteiger partial charge in [0.1, 0.15) is 0 Å². The van der Waals surface area contributed by atoms with Crippen molar-refractivity contribution in [1.29, 1.82) is 0 Å². The SMILES string of the molecule is CC(C)C[C@H](N)C(=O)NCc1ccccc1CN1CCOCC1. The number of nitrogens with zero attached hydrogens (tertiary/aromatic N) is 1. The van der Waals surface area contributed by atoms with Gasteiger partial charge in [0.25, 0.3) is 0 Å². The first-order chi connectivity index (χ1) is 11.1. The van der Waals surface area contributed by atoms with Crippen LogP contribution < -0.4 is 11.1 Å². The Morgan fingerprint density at radius 2 is 1.91 bits per heavy atom. The van der Waals surface area contributed by atoms with Crippen LogP contribution in [0.5, 0.6) is 0 Å². The largest absolute Gasteiger partial charge is 0.379 e. The van der Waals surface area contributed by atoms with Gasteiger partial charge in [0.2, 0.25) is 5.91 Å². The van der Waals surface area contributed by atoms with Crippen LogP contribution >= 0.6 is 0 Å². The molecule has 1 aliphatic heterocycles. The second-order valence-electron chi connectivity index (χ2n) is 6.61. The van der Waals surface area contributed by atoms with E-state index in [0.29, 0.717) is 18.9 Å². The Labute approximate surface area is 139 Å². The number of rotatable bonds is 7. The summed E-state index contributed by atoms with van der Waals surface area (Å²) in [6, 6.07) is 7.83. The fourth-order valence-electron chi connectivity index (χ4n) is 2.81. The van der Waals surface area contributed by atoms with Crippen molar-refractivity contribution in [3.8, 4) is 0 Å². The predicted octanol–water partition coefficient (Wildman–Crippen LogP) is 1.51. The van der Waals surface area contributed by atoms with Gasteiger partial charge in [-0.15, -0.1) is 0 Å². The summed E-state index contributed by atoms with van der Waals surface area (Å²) in [6.07, 6.45) is 0.710. The van der Waals surface area contributed by atoms with E-state index in [-0.39, 0.29) is 5.91 Å². The number of nitrogens with one attached hydrogen (secondary N) is 1. The number of hydrogen-bond donors (Lipinski definition) is 2. The Morgan fingerprint density at radius 3 is 2.57 bits per heavy atom. The van der Waals surface area contributed by atoms with Crippen LogP contribution in [0.1, 0.15) is 31.4 Å². The summed E-state index contributed by atoms with van der Waals surface area (Å²) in [7, 11) is 0. The zero-order valence-electron chi connectivity index (χ0n) is 14.3. The molecule has 1 aliphatic rings. The van der Waals surface area contributed by atoms with Crippen LogP contribution in [0.2, 0.25) is 0 Å². The van der Waals surface area contributed by atoms with E-state index in [9.17, 15) is 4.79 Å². The third kappa shape index (κ3) is 5.94. The average Bonchev–Trinajstić information content (AvgIpc) is 2.54. The van der Waals surface area contributed by atoms with Crippen molar-refractivity contribution in [2.75, 3.05) is 26.3 Å². The topological polar surface area (TPSA) is 67.6 Å². The van der Waals surface area contributed by atoms with Crippen LogP contribution in [0.15, 0.2) is 24.3 Å². The van der Waals surface area contributed by atoms with Gasteiger partial charge in [-0.3, -0.25) is 9.69 Å². The highest BCUT2D eigenvalue weighted by atomic mass is 16.5. The number of morpholine rings is 1. The van der Waals surface area contributed by atoms with Gasteiger partial charge in [0, 0.05) is 26.2 Å². The van der Waals surface area contributed by atoms with Gasteiger partial charge in [-0.1, -0.05) is 38.1 Å². The summed E-state index contributed by atoms with van der Waals surface area (Å²) in [5.74, 6) is 0.351. The molecule has 0 aromatic heterocycles. The number of hydrogen-bond acceptors (Lipinski definition) is 4. The minimum absolute atomic E-state index is 0.0696. The van der Waals surface area contributed by atoms with Gasteiger partial charge >= 0.3 is 0 Å². The van der Waals surface area contributed by atoms with Crippen LogP contribution in [-0.2, 0) is 22.6 Å². The van der Waals surface area contributed by atoms with E-state index >= 15 is 0 Å². The Balaban J connectivity index is 1.90. The summed E-state index contributed by atoms with van der Waals surface area (Å²) in [6.45, 7) is 9.08. The van der Waals surface area contributed by atoms with E-state index < -0.39 is 6.04 Å². The van der Waals surface area contributed by atoms with Crippen molar-refractivity contribution >= 4 is 5.91 Å². The standard InChI is InChI=1S/C18H29N3O2/c1-14(2)11-17(19)18(22)20-12-15-5-3-4-6-16(15)13-21-7-9-23-10-8-21/h3-6,14,17H,7-13,19H2,1-2H3,(H,20,22)/t17-/m0/s1. The molecule has 128 valence electrons. The van der Waals surface area contributed by atoms with Gasteiger partial charge in [-0.25, -0.2) is 0 Å². The highest BCUT2D eigenvalue weighted by Crippen LogP contribution is 2.13. The van der Waals surface area contributed by atoms with Crippen molar-refractivity contribution in [2.45, 2.75) is 39.4 Å². The lowest BCUT2D eigenvalue weighted by Gasteiger charge is -2.27. The summed E-state index contributed by atoms with van der Waals surface area (Å²) >= 11 is 0. The quantitative estimate of drug-likeness (QED) is 0.799. The van der Waals surface area contributed by atoms with Crippen molar-refractivity contribution in [2.24, 2.45) is 11.7 Å². The molecule has 1 aromatic carbocycles. The van der Waals surface area contributed by atoms with Gasteiger partial charge in [-0.05, 0) is 23.5 Å². The Morgan fingerprint density at radius 1 is 1.26 bits per heavy atom. The molecule has 1 saturated heterocycles. The summed E-state index contributed by atoms with van der Waals surface area (Å²) < 4.78 is 5.39. The zero-order valence-corrected chi connectivity index (χ0v) is 14.3. The first-order valence-corrected chi connectivity index (χ1v) is 8.46. The maximum Gasteiger partial charge on any atom is 0.237 e. The van der Waals surface area contributed by atoms with Gasteiger partial charge in [0.05, 0.1) is 19.3 Å². The van der Waals surface area contributed by atoms with Gasteiger partial charge in [0.15, 0.2) is 0 Å². The van der Waals surface area contributed by atoms with Crippen LogP contribution in [0, 0.1) is 5.92 Å². The number of ether oxygens (including phenoxy) is 1. The highest BCUT2D eigenvalue weighted by molar-refractivity contribution is 5.81. The van der Waals surface area contributed by atoms with E-state index in [1.807, 2.05) is 12.1 Å². The molecule has 2 rings (SSSR count). The summed E-state index contributed by atoms with van der Waals surface area (Å²) in [5.41, 5.74) is 8.35. The molecule has 1 fully saturated rings. The van der Waals surface area contributed by atoms with Crippen LogP contribution in [0.4, 0.5) is 0 Å². The van der Waals surface area contributed by atoms with Gasteiger partial charge in [-0.2, -0.15) is 0 Å². The Bertz CT molecular complexity index is 499. The molecule has 0 unspecified atom stereocenters. The monoisotopic (exact) mass is 319 g/mol. The number of amides is 1. The molecule has 3 N–H and O–H groups in total. The van der Waals surface area contributed by atoms with E-state index in [0.717, 1.165) is 38.4 Å². The molecule has 1 heterocycles. The molecule has 0 spiro atoms. The van der Waals surface area contributed by atoms with Crippen LogP contribution in [0.25, 0.3) is 0 Å². The Kier molecular flexibility index (Phi) is 7.02. The molecule has 0 radical (unpaired) electrons. The number of nitrogens with two attached hydrogens (primary N) is 1. The van der Waals surface area contributed by atoms with Gasteiger partial charge < -0.3 is 15.8 Å². The molecule has 0 saturated carbocycles. The lowest BCUT2D eigenvalue weighted by Crippen LogP contribution is -2.41. The normalized spacial score (nSPS) is 17.2. The zero-order chi connectivity index (χ0) is 16.7. The first-order valence-electron chi connectivity index (χ1n) is 8.46. The molecule has 0 bridgehead atoms. The van der Waals surface area contributed by atoms with Crippen molar-refractivity contribution in [3.05, 3.63) is 35.4 Å². The second-order valence-corrected chi connectivity index (χ2v) is 6.61. The molecule has 23 heavy (non-hydrogen) atoms. The van der Waals surface area contributed by atoms with Crippen LogP contribution in [-0.4, -0.2) is 43.2 Å². The Hall–Kier alpha value is -1.43. The lowest BCUT2D eigenvalue weighted by atomic mass is 10.0.